The van der Waals surface area contributed by atoms with Gasteiger partial charge in [0.25, 0.3) is 5.91 Å². The van der Waals surface area contributed by atoms with Gasteiger partial charge in [0.1, 0.15) is 12.4 Å². The second kappa shape index (κ2) is 6.36. The fraction of sp³-hybridized carbons (Fsp3) is 0.111. The van der Waals surface area contributed by atoms with Crippen LogP contribution in [0.5, 0.6) is 5.75 Å². The van der Waals surface area contributed by atoms with Crippen LogP contribution in [0.1, 0.15) is 12.5 Å². The number of amides is 2. The van der Waals surface area contributed by atoms with Gasteiger partial charge in [-0.15, -0.1) is 0 Å². The molecule has 116 valence electrons. The van der Waals surface area contributed by atoms with Crippen molar-refractivity contribution in [1.29, 1.82) is 0 Å². The summed E-state index contributed by atoms with van der Waals surface area (Å²) in [5, 5.41) is 5.50. The number of fused-ring (bicyclic) bond motifs is 1. The van der Waals surface area contributed by atoms with Gasteiger partial charge >= 0.3 is 0 Å². The minimum Gasteiger partial charge on any atom is -0.488 e. The molecule has 0 aliphatic carbocycles. The van der Waals surface area contributed by atoms with E-state index in [0.717, 1.165) is 11.3 Å². The first kappa shape index (κ1) is 14.8. The first-order valence-electron chi connectivity index (χ1n) is 7.23. The smallest absolute Gasteiger partial charge is 0.255 e. The summed E-state index contributed by atoms with van der Waals surface area (Å²) in [4.78, 5) is 23.3. The van der Waals surface area contributed by atoms with Crippen LogP contribution in [0, 0.1) is 0 Å². The van der Waals surface area contributed by atoms with Crippen LogP contribution < -0.4 is 15.4 Å². The molecule has 1 aliphatic rings. The molecule has 0 fully saturated rings. The van der Waals surface area contributed by atoms with E-state index < -0.39 is 0 Å². The SMILES string of the molecule is CC(=O)Nc1ccc(NC(=O)C2=Cc3ccccc3OC2)cc1. The molecule has 1 heterocycles. The molecule has 23 heavy (non-hydrogen) atoms. The average Bonchev–Trinajstić information content (AvgIpc) is 2.55. The topological polar surface area (TPSA) is 67.4 Å². The van der Waals surface area contributed by atoms with Crippen LogP contribution in [0.2, 0.25) is 0 Å². The lowest BCUT2D eigenvalue weighted by atomic mass is 10.1. The van der Waals surface area contributed by atoms with Crippen molar-refractivity contribution in [3.8, 4) is 5.75 Å². The van der Waals surface area contributed by atoms with Crippen molar-refractivity contribution in [1.82, 2.24) is 0 Å². The molecule has 0 saturated heterocycles. The standard InChI is InChI=1S/C18H16N2O3/c1-12(21)19-15-6-8-16(9-7-15)20-18(22)14-10-13-4-2-3-5-17(13)23-11-14/h2-10H,11H2,1H3,(H,19,21)(H,20,22). The predicted molar refractivity (Wildman–Crippen MR) is 89.3 cm³/mol. The molecule has 0 unspecified atom stereocenters. The fourth-order valence-corrected chi connectivity index (χ4v) is 2.30. The molecule has 2 aromatic rings. The summed E-state index contributed by atoms with van der Waals surface area (Å²) < 4.78 is 5.58. The third kappa shape index (κ3) is 3.58. The fourth-order valence-electron chi connectivity index (χ4n) is 2.30. The molecule has 0 bridgehead atoms. The van der Waals surface area contributed by atoms with Crippen LogP contribution in [-0.4, -0.2) is 18.4 Å². The zero-order valence-corrected chi connectivity index (χ0v) is 12.6. The van der Waals surface area contributed by atoms with Gasteiger partial charge in [0.2, 0.25) is 5.91 Å². The molecule has 0 radical (unpaired) electrons. The Morgan fingerprint density at radius 3 is 2.30 bits per heavy atom. The largest absolute Gasteiger partial charge is 0.488 e. The predicted octanol–water partition coefficient (Wildman–Crippen LogP) is 3.06. The van der Waals surface area contributed by atoms with Gasteiger partial charge in [0.15, 0.2) is 0 Å². The van der Waals surface area contributed by atoms with E-state index in [-0.39, 0.29) is 18.4 Å². The minimum absolute atomic E-state index is 0.134. The van der Waals surface area contributed by atoms with Gasteiger partial charge in [-0.05, 0) is 36.4 Å². The Morgan fingerprint density at radius 2 is 1.61 bits per heavy atom. The molecular formula is C18H16N2O3. The molecule has 1 aliphatic heterocycles. The highest BCUT2D eigenvalue weighted by Crippen LogP contribution is 2.26. The number of carbonyl (C=O) groups is 2. The summed E-state index contributed by atoms with van der Waals surface area (Å²) in [6, 6.07) is 14.5. The minimum atomic E-state index is -0.202. The molecule has 0 saturated carbocycles. The zero-order chi connectivity index (χ0) is 16.2. The molecule has 0 atom stereocenters. The molecule has 3 rings (SSSR count). The Hall–Kier alpha value is -3.08. The maximum atomic E-state index is 12.3. The normalized spacial score (nSPS) is 12.5. The van der Waals surface area contributed by atoms with Crippen LogP contribution in [-0.2, 0) is 9.59 Å². The van der Waals surface area contributed by atoms with Crippen LogP contribution >= 0.6 is 0 Å². The van der Waals surface area contributed by atoms with Gasteiger partial charge in [-0.3, -0.25) is 9.59 Å². The summed E-state index contributed by atoms with van der Waals surface area (Å²) in [6.07, 6.45) is 1.83. The summed E-state index contributed by atoms with van der Waals surface area (Å²) in [5.41, 5.74) is 2.80. The van der Waals surface area contributed by atoms with Crippen LogP contribution in [0.4, 0.5) is 11.4 Å². The van der Waals surface area contributed by atoms with Gasteiger partial charge in [0, 0.05) is 23.9 Å². The first-order valence-corrected chi connectivity index (χ1v) is 7.23. The highest BCUT2D eigenvalue weighted by atomic mass is 16.5. The third-order valence-corrected chi connectivity index (χ3v) is 3.39. The molecular weight excluding hydrogens is 292 g/mol. The third-order valence-electron chi connectivity index (χ3n) is 3.39. The van der Waals surface area contributed by atoms with Crippen molar-refractivity contribution in [2.45, 2.75) is 6.92 Å². The summed E-state index contributed by atoms with van der Waals surface area (Å²) >= 11 is 0. The van der Waals surface area contributed by atoms with Crippen LogP contribution in [0.3, 0.4) is 0 Å². The lowest BCUT2D eigenvalue weighted by Crippen LogP contribution is -2.21. The molecule has 2 aromatic carbocycles. The Bertz CT molecular complexity index is 779. The second-order valence-electron chi connectivity index (χ2n) is 5.21. The Kier molecular flexibility index (Phi) is 4.10. The molecule has 5 heteroatoms. The quantitative estimate of drug-likeness (QED) is 0.915. The Morgan fingerprint density at radius 1 is 0.957 bits per heavy atom. The highest BCUT2D eigenvalue weighted by Gasteiger charge is 2.16. The van der Waals surface area contributed by atoms with Crippen molar-refractivity contribution in [2.24, 2.45) is 0 Å². The van der Waals surface area contributed by atoms with Gasteiger partial charge < -0.3 is 15.4 Å². The number of nitrogens with one attached hydrogen (secondary N) is 2. The molecule has 0 spiro atoms. The number of carbonyl (C=O) groups excluding carboxylic acids is 2. The lowest BCUT2D eigenvalue weighted by molar-refractivity contribution is -0.114. The summed E-state index contributed by atoms with van der Waals surface area (Å²) in [7, 11) is 0. The van der Waals surface area contributed by atoms with Crippen molar-refractivity contribution in [3.05, 3.63) is 59.7 Å². The molecule has 2 N–H and O–H groups in total. The van der Waals surface area contributed by atoms with E-state index in [9.17, 15) is 9.59 Å². The maximum absolute atomic E-state index is 12.3. The lowest BCUT2D eigenvalue weighted by Gasteiger charge is -2.17. The van der Waals surface area contributed by atoms with E-state index in [4.69, 9.17) is 4.74 Å². The van der Waals surface area contributed by atoms with Crippen LogP contribution in [0.15, 0.2) is 54.1 Å². The van der Waals surface area contributed by atoms with E-state index in [1.807, 2.05) is 30.3 Å². The van der Waals surface area contributed by atoms with Crippen molar-refractivity contribution < 1.29 is 14.3 Å². The number of hydrogen-bond donors (Lipinski definition) is 2. The Labute approximate surface area is 134 Å². The number of benzene rings is 2. The monoisotopic (exact) mass is 308 g/mol. The average molecular weight is 308 g/mol. The van der Waals surface area contributed by atoms with E-state index >= 15 is 0 Å². The number of ether oxygens (including phenoxy) is 1. The Balaban J connectivity index is 1.70. The number of para-hydroxylation sites is 1. The van der Waals surface area contributed by atoms with E-state index in [1.165, 1.54) is 6.92 Å². The number of anilines is 2. The first-order chi connectivity index (χ1) is 11.1. The number of hydrogen-bond acceptors (Lipinski definition) is 3. The highest BCUT2D eigenvalue weighted by molar-refractivity contribution is 6.07. The molecule has 0 aromatic heterocycles. The van der Waals surface area contributed by atoms with Crippen LogP contribution in [0.25, 0.3) is 6.08 Å². The zero-order valence-electron chi connectivity index (χ0n) is 12.6. The van der Waals surface area contributed by atoms with Gasteiger partial charge in [-0.2, -0.15) is 0 Å². The molecule has 5 nitrogen and oxygen atoms in total. The van der Waals surface area contributed by atoms with E-state index in [0.29, 0.717) is 16.9 Å². The van der Waals surface area contributed by atoms with Gasteiger partial charge in [-0.25, -0.2) is 0 Å². The molecule has 2 amide bonds. The van der Waals surface area contributed by atoms with Crippen molar-refractivity contribution >= 4 is 29.3 Å². The van der Waals surface area contributed by atoms with Crippen molar-refractivity contribution in [3.63, 3.8) is 0 Å². The summed E-state index contributed by atoms with van der Waals surface area (Å²) in [5.74, 6) is 0.445. The van der Waals surface area contributed by atoms with Crippen molar-refractivity contribution in [2.75, 3.05) is 17.2 Å². The maximum Gasteiger partial charge on any atom is 0.255 e. The van der Waals surface area contributed by atoms with Gasteiger partial charge in [0.05, 0.1) is 5.57 Å². The van der Waals surface area contributed by atoms with Gasteiger partial charge in [-0.1, -0.05) is 18.2 Å². The van der Waals surface area contributed by atoms with E-state index in [2.05, 4.69) is 10.6 Å². The number of rotatable bonds is 3. The van der Waals surface area contributed by atoms with E-state index in [1.54, 1.807) is 24.3 Å². The summed E-state index contributed by atoms with van der Waals surface area (Å²) in [6.45, 7) is 1.69. The second-order valence-corrected chi connectivity index (χ2v) is 5.21.